The van der Waals surface area contributed by atoms with Crippen LogP contribution in [0.3, 0.4) is 0 Å². The molecule has 1 unspecified atom stereocenters. The van der Waals surface area contributed by atoms with Crippen LogP contribution in [0.4, 0.5) is 0 Å². The maximum Gasteiger partial charge on any atom is 0.261 e. The quantitative estimate of drug-likeness (QED) is 0.665. The summed E-state index contributed by atoms with van der Waals surface area (Å²) >= 11 is 0. The average Bonchev–Trinajstić information content (AvgIpc) is 3.26. The van der Waals surface area contributed by atoms with Gasteiger partial charge in [0, 0.05) is 24.2 Å². The van der Waals surface area contributed by atoms with Crippen molar-refractivity contribution < 1.29 is 9.59 Å². The summed E-state index contributed by atoms with van der Waals surface area (Å²) in [5.41, 5.74) is 2.71. The van der Waals surface area contributed by atoms with Gasteiger partial charge in [-0.15, -0.1) is 0 Å². The summed E-state index contributed by atoms with van der Waals surface area (Å²) in [7, 11) is 0. The van der Waals surface area contributed by atoms with Gasteiger partial charge >= 0.3 is 0 Å². The summed E-state index contributed by atoms with van der Waals surface area (Å²) in [4.78, 5) is 35.1. The largest absolute Gasteiger partial charge is 0.332 e. The number of rotatable bonds is 5. The Bertz CT molecular complexity index is 930. The Hall–Kier alpha value is -3.28. The van der Waals surface area contributed by atoms with Gasteiger partial charge in [-0.25, -0.2) is 4.98 Å². The predicted molar refractivity (Wildman–Crippen MR) is 96.6 cm³/mol. The van der Waals surface area contributed by atoms with E-state index in [1.807, 2.05) is 29.8 Å². The van der Waals surface area contributed by atoms with Crippen molar-refractivity contribution in [3.8, 4) is 11.3 Å². The molecule has 0 saturated carbocycles. The van der Waals surface area contributed by atoms with Gasteiger partial charge in [-0.3, -0.25) is 19.5 Å². The van der Waals surface area contributed by atoms with E-state index in [-0.39, 0.29) is 17.9 Å². The molecule has 2 amide bonds. The molecule has 0 N–H and O–H groups in total. The molecule has 3 aromatic rings. The summed E-state index contributed by atoms with van der Waals surface area (Å²) in [5.74, 6) is -0.451. The minimum absolute atomic E-state index is 0.0323. The van der Waals surface area contributed by atoms with Crippen molar-refractivity contribution in [2.75, 3.05) is 6.54 Å². The molecule has 0 fully saturated rings. The lowest BCUT2D eigenvalue weighted by molar-refractivity contribution is 0.0630. The second kappa shape index (κ2) is 6.55. The molecule has 3 heterocycles. The first-order valence-electron chi connectivity index (χ1n) is 8.58. The Morgan fingerprint density at radius 3 is 2.38 bits per heavy atom. The lowest BCUT2D eigenvalue weighted by atomic mass is 10.1. The van der Waals surface area contributed by atoms with E-state index in [4.69, 9.17) is 0 Å². The highest BCUT2D eigenvalue weighted by atomic mass is 16.2. The maximum atomic E-state index is 12.6. The van der Waals surface area contributed by atoms with Gasteiger partial charge in [0.05, 0.1) is 35.7 Å². The van der Waals surface area contributed by atoms with E-state index in [0.717, 1.165) is 17.7 Å². The number of aromatic nitrogens is 3. The summed E-state index contributed by atoms with van der Waals surface area (Å²) in [6.07, 6.45) is 7.93. The Morgan fingerprint density at radius 1 is 1.04 bits per heavy atom. The number of carbonyl (C=O) groups excluding carboxylic acids is 2. The molecule has 0 radical (unpaired) electrons. The first kappa shape index (κ1) is 16.2. The van der Waals surface area contributed by atoms with Gasteiger partial charge in [0.25, 0.3) is 11.8 Å². The van der Waals surface area contributed by atoms with Gasteiger partial charge in [0.1, 0.15) is 0 Å². The molecule has 1 aliphatic rings. The number of nitrogens with zero attached hydrogens (tertiary/aromatic N) is 4. The zero-order valence-electron chi connectivity index (χ0n) is 14.4. The van der Waals surface area contributed by atoms with Crippen molar-refractivity contribution in [3.63, 3.8) is 0 Å². The van der Waals surface area contributed by atoms with E-state index in [9.17, 15) is 9.59 Å². The number of pyridine rings is 1. The Morgan fingerprint density at radius 2 is 1.77 bits per heavy atom. The number of imide groups is 1. The zero-order chi connectivity index (χ0) is 18.1. The van der Waals surface area contributed by atoms with Crippen LogP contribution in [0.5, 0.6) is 0 Å². The van der Waals surface area contributed by atoms with Crippen molar-refractivity contribution >= 4 is 11.8 Å². The first-order valence-corrected chi connectivity index (χ1v) is 8.58. The fourth-order valence-corrected chi connectivity index (χ4v) is 3.25. The van der Waals surface area contributed by atoms with Crippen molar-refractivity contribution in [2.24, 2.45) is 0 Å². The average molecular weight is 346 g/mol. The maximum absolute atomic E-state index is 12.6. The van der Waals surface area contributed by atoms with Crippen LogP contribution in [0.15, 0.2) is 61.3 Å². The van der Waals surface area contributed by atoms with Gasteiger partial charge in [-0.1, -0.05) is 19.1 Å². The standard InChI is InChI=1S/C20H18N4O2/c1-2-15(23-12-18(22-13-23)14-6-5-9-21-10-14)11-24-19(25)16-7-3-4-8-17(16)20(24)26/h3-10,12-13,15H,2,11H2,1H3. The molecular formula is C20H18N4O2. The molecule has 1 atom stereocenters. The summed E-state index contributed by atoms with van der Waals surface area (Å²) in [6, 6.07) is 10.7. The van der Waals surface area contributed by atoms with Gasteiger partial charge in [0.2, 0.25) is 0 Å². The molecule has 4 rings (SSSR count). The molecule has 6 nitrogen and oxygen atoms in total. The third-order valence-electron chi connectivity index (χ3n) is 4.72. The molecule has 130 valence electrons. The fraction of sp³-hybridized carbons (Fsp3) is 0.200. The van der Waals surface area contributed by atoms with Crippen LogP contribution >= 0.6 is 0 Å². The van der Waals surface area contributed by atoms with Crippen molar-refractivity contribution in [2.45, 2.75) is 19.4 Å². The molecule has 0 spiro atoms. The van der Waals surface area contributed by atoms with E-state index in [0.29, 0.717) is 17.7 Å². The third kappa shape index (κ3) is 2.69. The molecule has 2 aromatic heterocycles. The Kier molecular flexibility index (Phi) is 4.08. The molecule has 0 saturated heterocycles. The molecule has 26 heavy (non-hydrogen) atoms. The van der Waals surface area contributed by atoms with Crippen LogP contribution in [0.2, 0.25) is 0 Å². The molecule has 1 aromatic carbocycles. The number of amides is 2. The number of imidazole rings is 1. The highest BCUT2D eigenvalue weighted by molar-refractivity contribution is 6.21. The molecule has 0 bridgehead atoms. The van der Waals surface area contributed by atoms with Crippen LogP contribution < -0.4 is 0 Å². The van der Waals surface area contributed by atoms with E-state index < -0.39 is 0 Å². The number of hydrogen-bond donors (Lipinski definition) is 0. The lowest BCUT2D eigenvalue weighted by Crippen LogP contribution is -2.35. The van der Waals surface area contributed by atoms with Gasteiger partial charge in [0.15, 0.2) is 0 Å². The molecular weight excluding hydrogens is 328 g/mol. The smallest absolute Gasteiger partial charge is 0.261 e. The minimum Gasteiger partial charge on any atom is -0.332 e. The highest BCUT2D eigenvalue weighted by Crippen LogP contribution is 2.26. The van der Waals surface area contributed by atoms with E-state index >= 15 is 0 Å². The second-order valence-electron chi connectivity index (χ2n) is 6.28. The second-order valence-corrected chi connectivity index (χ2v) is 6.28. The van der Waals surface area contributed by atoms with Crippen molar-refractivity contribution in [3.05, 3.63) is 72.4 Å². The molecule has 1 aliphatic heterocycles. The highest BCUT2D eigenvalue weighted by Gasteiger charge is 2.36. The Labute approximate surface area is 151 Å². The minimum atomic E-state index is -0.225. The molecule has 0 aliphatic carbocycles. The fourth-order valence-electron chi connectivity index (χ4n) is 3.25. The number of benzene rings is 1. The third-order valence-corrected chi connectivity index (χ3v) is 4.72. The number of hydrogen-bond acceptors (Lipinski definition) is 4. The topological polar surface area (TPSA) is 68.1 Å². The van der Waals surface area contributed by atoms with E-state index in [1.165, 1.54) is 4.90 Å². The van der Waals surface area contributed by atoms with E-state index in [1.54, 1.807) is 43.0 Å². The SMILES string of the molecule is CCC(CN1C(=O)c2ccccc2C1=O)n1cnc(-c2cccnc2)c1. The summed E-state index contributed by atoms with van der Waals surface area (Å²) < 4.78 is 1.96. The summed E-state index contributed by atoms with van der Waals surface area (Å²) in [5, 5.41) is 0. The molecule has 6 heteroatoms. The summed E-state index contributed by atoms with van der Waals surface area (Å²) in [6.45, 7) is 2.36. The van der Waals surface area contributed by atoms with Crippen LogP contribution in [-0.4, -0.2) is 37.8 Å². The monoisotopic (exact) mass is 346 g/mol. The van der Waals surface area contributed by atoms with Gasteiger partial charge in [-0.05, 0) is 30.7 Å². The number of carbonyl (C=O) groups is 2. The van der Waals surface area contributed by atoms with Crippen LogP contribution in [-0.2, 0) is 0 Å². The predicted octanol–water partition coefficient (Wildman–Crippen LogP) is 3.19. The normalized spacial score (nSPS) is 14.6. The Balaban J connectivity index is 1.57. The van der Waals surface area contributed by atoms with E-state index in [2.05, 4.69) is 9.97 Å². The van der Waals surface area contributed by atoms with Crippen LogP contribution in [0.25, 0.3) is 11.3 Å². The van der Waals surface area contributed by atoms with Gasteiger partial charge < -0.3 is 4.57 Å². The number of fused-ring (bicyclic) bond motifs is 1. The lowest BCUT2D eigenvalue weighted by Gasteiger charge is -2.22. The van der Waals surface area contributed by atoms with Crippen LogP contribution in [0, 0.1) is 0 Å². The first-order chi connectivity index (χ1) is 12.7. The van der Waals surface area contributed by atoms with Crippen molar-refractivity contribution in [1.82, 2.24) is 19.4 Å². The van der Waals surface area contributed by atoms with Crippen molar-refractivity contribution in [1.29, 1.82) is 0 Å². The van der Waals surface area contributed by atoms with Gasteiger partial charge in [-0.2, -0.15) is 0 Å². The zero-order valence-corrected chi connectivity index (χ0v) is 14.4. The van der Waals surface area contributed by atoms with Crippen LogP contribution in [0.1, 0.15) is 40.1 Å².